The van der Waals surface area contributed by atoms with Gasteiger partial charge in [0.05, 0.1) is 26.0 Å². The Bertz CT molecular complexity index is 1060. The van der Waals surface area contributed by atoms with Gasteiger partial charge in [-0.25, -0.2) is 4.79 Å². The second kappa shape index (κ2) is 9.73. The molecule has 7 nitrogen and oxygen atoms in total. The number of hydrogen-bond acceptors (Lipinski definition) is 4. The number of furan rings is 1. The lowest BCUT2D eigenvalue weighted by molar-refractivity contribution is 0.116. The quantitative estimate of drug-likeness (QED) is 0.564. The summed E-state index contributed by atoms with van der Waals surface area (Å²) in [7, 11) is 0. The number of fused-ring (bicyclic) bond motifs is 1. The number of benzene rings is 1. The van der Waals surface area contributed by atoms with E-state index in [0.717, 1.165) is 16.7 Å². The molecule has 0 aliphatic heterocycles. The molecule has 0 saturated heterocycles. The van der Waals surface area contributed by atoms with E-state index in [1.165, 1.54) is 0 Å². The van der Waals surface area contributed by atoms with E-state index in [1.807, 2.05) is 69.9 Å². The van der Waals surface area contributed by atoms with Crippen molar-refractivity contribution in [1.82, 2.24) is 14.8 Å². The molecule has 0 bridgehead atoms. The monoisotopic (exact) mass is 425 g/mol. The van der Waals surface area contributed by atoms with Crippen molar-refractivity contribution < 1.29 is 13.9 Å². The van der Waals surface area contributed by atoms with Gasteiger partial charge in [-0.15, -0.1) is 0 Å². The molecule has 0 fully saturated rings. The highest BCUT2D eigenvalue weighted by Crippen LogP contribution is 2.21. The number of ether oxygens (including phenoxy) is 1. The van der Waals surface area contributed by atoms with Crippen LogP contribution < -0.4 is 10.3 Å². The van der Waals surface area contributed by atoms with Crippen molar-refractivity contribution >= 4 is 16.9 Å². The lowest BCUT2D eigenvalue weighted by Crippen LogP contribution is -2.49. The molecule has 3 aromatic rings. The Morgan fingerprint density at radius 1 is 1.10 bits per heavy atom. The normalized spacial score (nSPS) is 11.3. The van der Waals surface area contributed by atoms with Gasteiger partial charge in [-0.1, -0.05) is 0 Å². The average Bonchev–Trinajstić information content (AvgIpc) is 3.21. The zero-order chi connectivity index (χ0) is 22.5. The van der Waals surface area contributed by atoms with Crippen LogP contribution >= 0.6 is 0 Å². The zero-order valence-corrected chi connectivity index (χ0v) is 18.8. The lowest BCUT2D eigenvalue weighted by Gasteiger charge is -2.35. The molecule has 0 unspecified atom stereocenters. The topological polar surface area (TPSA) is 78.8 Å². The largest absolute Gasteiger partial charge is 0.494 e. The molecule has 0 saturated carbocycles. The molecule has 2 aromatic heterocycles. The summed E-state index contributed by atoms with van der Waals surface area (Å²) in [6.45, 7) is 10.9. The summed E-state index contributed by atoms with van der Waals surface area (Å²) in [4.78, 5) is 32.6. The minimum atomic E-state index is -0.213. The van der Waals surface area contributed by atoms with Crippen LogP contribution in [-0.2, 0) is 13.1 Å². The van der Waals surface area contributed by atoms with Gasteiger partial charge in [-0.3, -0.25) is 4.79 Å². The Kier molecular flexibility index (Phi) is 7.05. The van der Waals surface area contributed by atoms with E-state index in [0.29, 0.717) is 17.9 Å². The summed E-state index contributed by atoms with van der Waals surface area (Å²) in [6.07, 6.45) is 1.58. The third-order valence-corrected chi connectivity index (χ3v) is 5.10. The minimum absolute atomic E-state index is 0.0234. The van der Waals surface area contributed by atoms with Gasteiger partial charge < -0.3 is 23.9 Å². The Hall–Kier alpha value is -3.22. The van der Waals surface area contributed by atoms with E-state index in [1.54, 1.807) is 17.2 Å². The third kappa shape index (κ3) is 5.29. The Morgan fingerprint density at radius 3 is 2.45 bits per heavy atom. The first kappa shape index (κ1) is 22.5. The first-order valence-electron chi connectivity index (χ1n) is 10.7. The summed E-state index contributed by atoms with van der Waals surface area (Å²) >= 11 is 0. The maximum Gasteiger partial charge on any atom is 0.321 e. The summed E-state index contributed by atoms with van der Waals surface area (Å²) in [5, 5.41) is 0.857. The van der Waals surface area contributed by atoms with Gasteiger partial charge >= 0.3 is 6.03 Å². The van der Waals surface area contributed by atoms with Crippen molar-refractivity contribution in [2.45, 2.75) is 59.8 Å². The van der Waals surface area contributed by atoms with Gasteiger partial charge in [0, 0.05) is 28.6 Å². The molecule has 2 heterocycles. The molecule has 0 radical (unpaired) electrons. The second-order valence-corrected chi connectivity index (χ2v) is 8.12. The van der Waals surface area contributed by atoms with Crippen LogP contribution in [0.5, 0.6) is 5.75 Å². The maximum absolute atomic E-state index is 13.4. The molecule has 31 heavy (non-hydrogen) atoms. The Labute approximate surface area is 182 Å². The van der Waals surface area contributed by atoms with Crippen LogP contribution in [0, 0.1) is 0 Å². The number of urea groups is 1. The minimum Gasteiger partial charge on any atom is -0.494 e. The van der Waals surface area contributed by atoms with Crippen molar-refractivity contribution in [2.75, 3.05) is 6.61 Å². The van der Waals surface area contributed by atoms with Crippen molar-refractivity contribution in [3.63, 3.8) is 0 Å². The highest BCUT2D eigenvalue weighted by Gasteiger charge is 2.27. The van der Waals surface area contributed by atoms with Crippen LogP contribution in [0.25, 0.3) is 10.9 Å². The van der Waals surface area contributed by atoms with Crippen LogP contribution in [0.2, 0.25) is 0 Å². The van der Waals surface area contributed by atoms with Crippen LogP contribution in [0.4, 0.5) is 4.79 Å². The van der Waals surface area contributed by atoms with E-state index in [9.17, 15) is 9.59 Å². The van der Waals surface area contributed by atoms with Crippen LogP contribution in [0.15, 0.2) is 51.9 Å². The fraction of sp³-hybridized carbons (Fsp3) is 0.417. The fourth-order valence-corrected chi connectivity index (χ4v) is 3.79. The molecular formula is C24H31N3O4. The number of carbonyl (C=O) groups is 1. The number of carbonyl (C=O) groups excluding carboxylic acids is 1. The summed E-state index contributed by atoms with van der Waals surface area (Å²) in [5.41, 5.74) is 1.02. The van der Waals surface area contributed by atoms with Gasteiger partial charge in [0.15, 0.2) is 0 Å². The number of aromatic nitrogens is 1. The molecule has 1 N–H and O–H groups in total. The van der Waals surface area contributed by atoms with Crippen LogP contribution in [-0.4, -0.2) is 39.5 Å². The number of nitrogens with zero attached hydrogens (tertiary/aromatic N) is 2. The van der Waals surface area contributed by atoms with Gasteiger partial charge in [-0.2, -0.15) is 0 Å². The second-order valence-electron chi connectivity index (χ2n) is 8.12. The number of pyridine rings is 1. The predicted octanol–water partition coefficient (Wildman–Crippen LogP) is 4.76. The van der Waals surface area contributed by atoms with Crippen molar-refractivity contribution in [3.05, 3.63) is 64.3 Å². The van der Waals surface area contributed by atoms with E-state index in [-0.39, 0.29) is 36.8 Å². The summed E-state index contributed by atoms with van der Waals surface area (Å²) in [5.74, 6) is 1.40. The first-order chi connectivity index (χ1) is 14.8. The molecule has 7 heteroatoms. The maximum atomic E-state index is 13.4. The van der Waals surface area contributed by atoms with Crippen molar-refractivity contribution in [1.29, 1.82) is 0 Å². The number of hydrogen-bond donors (Lipinski definition) is 1. The number of H-pyrrole nitrogens is 1. The molecule has 2 amide bonds. The predicted molar refractivity (Wildman–Crippen MR) is 121 cm³/mol. The van der Waals surface area contributed by atoms with Crippen molar-refractivity contribution in [3.8, 4) is 5.75 Å². The standard InChI is InChI=1S/C24H31N3O4/c1-6-30-20-9-10-22-18(13-20)12-19(23(28)25-22)14-26(15-21-8-7-11-31-21)24(29)27(16(2)3)17(4)5/h7-13,16-17H,6,14-15H2,1-5H3,(H,25,28). The smallest absolute Gasteiger partial charge is 0.321 e. The Balaban J connectivity index is 1.97. The van der Waals surface area contributed by atoms with Crippen LogP contribution in [0.1, 0.15) is 45.9 Å². The first-order valence-corrected chi connectivity index (χ1v) is 10.7. The van der Waals surface area contributed by atoms with E-state index < -0.39 is 0 Å². The Morgan fingerprint density at radius 2 is 1.84 bits per heavy atom. The SMILES string of the molecule is CCOc1ccc2[nH]c(=O)c(CN(Cc3ccco3)C(=O)N(C(C)C)C(C)C)cc2c1. The number of rotatable bonds is 8. The number of aromatic amines is 1. The molecule has 0 spiro atoms. The molecule has 166 valence electrons. The average molecular weight is 426 g/mol. The van der Waals surface area contributed by atoms with Gasteiger partial charge in [0.25, 0.3) is 5.56 Å². The summed E-state index contributed by atoms with van der Waals surface area (Å²) < 4.78 is 11.1. The van der Waals surface area contributed by atoms with Gasteiger partial charge in [-0.05, 0) is 71.0 Å². The molecule has 0 atom stereocenters. The van der Waals surface area contributed by atoms with E-state index in [2.05, 4.69) is 4.98 Å². The fourth-order valence-electron chi connectivity index (χ4n) is 3.79. The molecule has 3 rings (SSSR count). The summed E-state index contributed by atoms with van der Waals surface area (Å²) in [6, 6.07) is 10.9. The molecular weight excluding hydrogens is 394 g/mol. The van der Waals surface area contributed by atoms with Gasteiger partial charge in [0.1, 0.15) is 11.5 Å². The highest BCUT2D eigenvalue weighted by molar-refractivity contribution is 5.81. The van der Waals surface area contributed by atoms with Crippen LogP contribution in [0.3, 0.4) is 0 Å². The third-order valence-electron chi connectivity index (χ3n) is 5.10. The highest BCUT2D eigenvalue weighted by atomic mass is 16.5. The molecule has 0 aliphatic carbocycles. The van der Waals surface area contributed by atoms with Crippen molar-refractivity contribution in [2.24, 2.45) is 0 Å². The van der Waals surface area contributed by atoms with E-state index >= 15 is 0 Å². The van der Waals surface area contributed by atoms with E-state index in [4.69, 9.17) is 9.15 Å². The van der Waals surface area contributed by atoms with Gasteiger partial charge in [0.2, 0.25) is 0 Å². The molecule has 0 aliphatic rings. The zero-order valence-electron chi connectivity index (χ0n) is 18.8. The lowest BCUT2D eigenvalue weighted by atomic mass is 10.1. The molecule has 1 aromatic carbocycles. The number of amides is 2. The number of nitrogens with one attached hydrogen (secondary N) is 1.